The van der Waals surface area contributed by atoms with Crippen molar-refractivity contribution in [2.24, 2.45) is 0 Å². The smallest absolute Gasteiger partial charge is 0.258 e. The Labute approximate surface area is 198 Å². The Morgan fingerprint density at radius 3 is 2.36 bits per heavy atom. The van der Waals surface area contributed by atoms with Crippen LogP contribution in [0, 0.1) is 13.8 Å². The molecule has 0 saturated carbocycles. The van der Waals surface area contributed by atoms with Gasteiger partial charge in [0.15, 0.2) is 5.11 Å². The molecule has 1 atom stereocenters. The fraction of sp³-hybridized carbons (Fsp3) is 0.148. The van der Waals surface area contributed by atoms with Crippen LogP contribution in [0.1, 0.15) is 35.5 Å². The van der Waals surface area contributed by atoms with Gasteiger partial charge in [0, 0.05) is 16.9 Å². The van der Waals surface area contributed by atoms with Gasteiger partial charge in [-0.2, -0.15) is 4.98 Å². The van der Waals surface area contributed by atoms with Crippen molar-refractivity contribution in [3.8, 4) is 11.4 Å². The second-order valence-electron chi connectivity index (χ2n) is 8.26. The number of hydrogen-bond acceptors (Lipinski definition) is 4. The van der Waals surface area contributed by atoms with Gasteiger partial charge in [-0.1, -0.05) is 76.9 Å². The summed E-state index contributed by atoms with van der Waals surface area (Å²) >= 11 is 5.81. The number of aromatic nitrogens is 2. The number of benzene rings is 3. The summed E-state index contributed by atoms with van der Waals surface area (Å²) in [6.45, 7) is 6.17. The van der Waals surface area contributed by atoms with Crippen LogP contribution < -0.4 is 10.2 Å². The zero-order chi connectivity index (χ0) is 22.9. The van der Waals surface area contributed by atoms with E-state index in [1.165, 1.54) is 5.56 Å². The van der Waals surface area contributed by atoms with Gasteiger partial charge < -0.3 is 9.84 Å². The van der Waals surface area contributed by atoms with Crippen LogP contribution in [-0.2, 0) is 0 Å². The Kier molecular flexibility index (Phi) is 5.52. The standard InChI is InChI=1S/C27H24N4OS/c1-17-12-14-22(15-13-17)31-19(3)23(24(28-27(31)33)20-9-5-4-6-10-20)26-29-25(30-32-26)21-11-7-8-18(2)16-21/h4-16,24H,1-3H3,(H,28,33). The lowest BCUT2D eigenvalue weighted by molar-refractivity contribution is 0.404. The number of thiocarbonyl (C=S) groups is 1. The number of anilines is 1. The highest BCUT2D eigenvalue weighted by atomic mass is 32.1. The summed E-state index contributed by atoms with van der Waals surface area (Å²) in [5.41, 5.74) is 7.18. The predicted octanol–water partition coefficient (Wildman–Crippen LogP) is 6.22. The minimum Gasteiger partial charge on any atom is -0.351 e. The van der Waals surface area contributed by atoms with Crippen LogP contribution in [0.4, 0.5) is 5.69 Å². The number of rotatable bonds is 4. The molecule has 4 aromatic rings. The molecule has 1 aliphatic heterocycles. The zero-order valence-corrected chi connectivity index (χ0v) is 19.6. The molecule has 1 N–H and O–H groups in total. The van der Waals surface area contributed by atoms with Crippen molar-refractivity contribution in [1.82, 2.24) is 15.5 Å². The SMILES string of the molecule is CC1=C(c2nc(-c3cccc(C)c3)no2)C(c2ccccc2)NC(=S)N1c1ccc(C)cc1. The lowest BCUT2D eigenvalue weighted by Gasteiger charge is -2.37. The number of nitrogens with one attached hydrogen (secondary N) is 1. The third kappa shape index (κ3) is 4.05. The monoisotopic (exact) mass is 452 g/mol. The van der Waals surface area contributed by atoms with Crippen LogP contribution in [-0.4, -0.2) is 15.3 Å². The maximum Gasteiger partial charge on any atom is 0.258 e. The van der Waals surface area contributed by atoms with E-state index in [-0.39, 0.29) is 6.04 Å². The summed E-state index contributed by atoms with van der Waals surface area (Å²) < 4.78 is 5.83. The van der Waals surface area contributed by atoms with Crippen LogP contribution >= 0.6 is 12.2 Å². The van der Waals surface area contributed by atoms with E-state index in [1.54, 1.807) is 0 Å². The first-order chi connectivity index (χ1) is 16.0. The van der Waals surface area contributed by atoms with Crippen LogP contribution in [0.2, 0.25) is 0 Å². The van der Waals surface area contributed by atoms with Crippen LogP contribution in [0.3, 0.4) is 0 Å². The molecule has 0 radical (unpaired) electrons. The van der Waals surface area contributed by atoms with Crippen LogP contribution in [0.25, 0.3) is 17.0 Å². The summed E-state index contributed by atoms with van der Waals surface area (Å²) in [4.78, 5) is 6.82. The fourth-order valence-electron chi connectivity index (χ4n) is 4.15. The normalized spacial score (nSPS) is 16.2. The van der Waals surface area contributed by atoms with Crippen molar-refractivity contribution < 1.29 is 4.52 Å². The third-order valence-electron chi connectivity index (χ3n) is 5.84. The quantitative estimate of drug-likeness (QED) is 0.371. The van der Waals surface area contributed by atoms with Gasteiger partial charge in [-0.15, -0.1) is 0 Å². The van der Waals surface area contributed by atoms with E-state index in [9.17, 15) is 0 Å². The van der Waals surface area contributed by atoms with E-state index >= 15 is 0 Å². The van der Waals surface area contributed by atoms with Gasteiger partial charge >= 0.3 is 0 Å². The Morgan fingerprint density at radius 1 is 0.879 bits per heavy atom. The van der Waals surface area contributed by atoms with Crippen molar-refractivity contribution in [3.63, 3.8) is 0 Å². The molecule has 1 aromatic heterocycles. The molecular weight excluding hydrogens is 428 g/mol. The average Bonchev–Trinajstić information content (AvgIpc) is 3.30. The van der Waals surface area contributed by atoms with E-state index in [2.05, 4.69) is 66.8 Å². The van der Waals surface area contributed by atoms with E-state index in [0.717, 1.165) is 33.6 Å². The van der Waals surface area contributed by atoms with Gasteiger partial charge in [0.2, 0.25) is 5.82 Å². The molecule has 6 heteroatoms. The zero-order valence-electron chi connectivity index (χ0n) is 18.7. The van der Waals surface area contributed by atoms with Gasteiger partial charge in [0.25, 0.3) is 5.89 Å². The van der Waals surface area contributed by atoms with Crippen LogP contribution in [0.5, 0.6) is 0 Å². The summed E-state index contributed by atoms with van der Waals surface area (Å²) in [5.74, 6) is 1.04. The molecule has 0 saturated heterocycles. The highest BCUT2D eigenvalue weighted by molar-refractivity contribution is 7.80. The van der Waals surface area contributed by atoms with E-state index in [0.29, 0.717) is 16.8 Å². The fourth-order valence-corrected chi connectivity index (χ4v) is 4.51. The number of nitrogens with zero attached hydrogens (tertiary/aromatic N) is 3. The van der Waals surface area contributed by atoms with Gasteiger partial charge in [0.1, 0.15) is 0 Å². The largest absolute Gasteiger partial charge is 0.351 e. The van der Waals surface area contributed by atoms with Crippen molar-refractivity contribution >= 4 is 28.6 Å². The molecule has 0 spiro atoms. The van der Waals surface area contributed by atoms with Crippen molar-refractivity contribution in [1.29, 1.82) is 0 Å². The lowest BCUT2D eigenvalue weighted by atomic mass is 9.94. The van der Waals surface area contributed by atoms with Crippen molar-refractivity contribution in [3.05, 3.63) is 107 Å². The van der Waals surface area contributed by atoms with Crippen molar-refractivity contribution in [2.75, 3.05) is 4.90 Å². The highest BCUT2D eigenvalue weighted by Gasteiger charge is 2.34. The molecule has 5 nitrogen and oxygen atoms in total. The number of allylic oxidation sites excluding steroid dienone is 1. The molecule has 33 heavy (non-hydrogen) atoms. The second-order valence-corrected chi connectivity index (χ2v) is 8.64. The molecule has 5 rings (SSSR count). The van der Waals surface area contributed by atoms with Gasteiger partial charge in [-0.05, 0) is 56.8 Å². The average molecular weight is 453 g/mol. The molecule has 0 aliphatic carbocycles. The molecule has 164 valence electrons. The van der Waals surface area contributed by atoms with Gasteiger partial charge in [-0.25, -0.2) is 0 Å². The molecule has 1 aliphatic rings. The Balaban J connectivity index is 1.65. The molecule has 2 heterocycles. The molecule has 0 fully saturated rings. The topological polar surface area (TPSA) is 54.2 Å². The second kappa shape index (κ2) is 8.64. The minimum absolute atomic E-state index is 0.203. The Bertz CT molecular complexity index is 1340. The molecular formula is C27H24N4OS. The number of hydrogen-bond donors (Lipinski definition) is 1. The first-order valence-corrected chi connectivity index (χ1v) is 11.3. The van der Waals surface area contributed by atoms with Crippen LogP contribution in [0.15, 0.2) is 89.1 Å². The molecule has 0 amide bonds. The maximum absolute atomic E-state index is 5.83. The summed E-state index contributed by atoms with van der Waals surface area (Å²) in [5, 5.41) is 8.43. The summed E-state index contributed by atoms with van der Waals surface area (Å²) in [6, 6.07) is 26.4. The minimum atomic E-state index is -0.203. The van der Waals surface area contributed by atoms with Gasteiger partial charge in [-0.3, -0.25) is 4.90 Å². The van der Waals surface area contributed by atoms with E-state index < -0.39 is 0 Å². The van der Waals surface area contributed by atoms with E-state index in [1.807, 2.05) is 48.2 Å². The predicted molar refractivity (Wildman–Crippen MR) is 136 cm³/mol. The molecule has 0 bridgehead atoms. The molecule has 3 aromatic carbocycles. The summed E-state index contributed by atoms with van der Waals surface area (Å²) in [7, 11) is 0. The maximum atomic E-state index is 5.83. The summed E-state index contributed by atoms with van der Waals surface area (Å²) in [6.07, 6.45) is 0. The first-order valence-electron chi connectivity index (χ1n) is 10.9. The van der Waals surface area contributed by atoms with Crippen molar-refractivity contribution in [2.45, 2.75) is 26.8 Å². The third-order valence-corrected chi connectivity index (χ3v) is 6.14. The Hall–Kier alpha value is -3.77. The van der Waals surface area contributed by atoms with E-state index in [4.69, 9.17) is 21.7 Å². The first kappa shape index (κ1) is 21.1. The molecule has 1 unspecified atom stereocenters. The highest BCUT2D eigenvalue weighted by Crippen LogP contribution is 2.39. The van der Waals surface area contributed by atoms with Gasteiger partial charge in [0.05, 0.1) is 11.6 Å². The Morgan fingerprint density at radius 2 is 1.64 bits per heavy atom. The lowest BCUT2D eigenvalue weighted by Crippen LogP contribution is -2.46. The number of aryl methyl sites for hydroxylation is 2.